The topological polar surface area (TPSA) is 66.8 Å². The number of likely N-dealkylation sites (tertiary alicyclic amines) is 1. The minimum atomic E-state index is -0.777. The molecule has 1 aliphatic heterocycles. The number of benzene rings is 2. The summed E-state index contributed by atoms with van der Waals surface area (Å²) in [4.78, 5) is 25.7. The van der Waals surface area contributed by atoms with Crippen LogP contribution in [0, 0.1) is 5.92 Å². The third kappa shape index (κ3) is 4.67. The van der Waals surface area contributed by atoms with Gasteiger partial charge in [-0.15, -0.1) is 0 Å². The average Bonchev–Trinajstić information content (AvgIpc) is 2.72. The van der Waals surface area contributed by atoms with Crippen LogP contribution in [0.25, 0.3) is 11.1 Å². The molecule has 5 heteroatoms. The van der Waals surface area contributed by atoms with Gasteiger partial charge < -0.3 is 14.7 Å². The Hall–Kier alpha value is -2.82. The summed E-state index contributed by atoms with van der Waals surface area (Å²) >= 11 is 0. The van der Waals surface area contributed by atoms with E-state index in [0.717, 1.165) is 36.3 Å². The maximum absolute atomic E-state index is 13.0. The zero-order valence-electron chi connectivity index (χ0n) is 15.6. The summed E-state index contributed by atoms with van der Waals surface area (Å²) < 4.78 is 5.47. The molecule has 3 rings (SSSR count). The first kappa shape index (κ1) is 19.0. The third-order valence-corrected chi connectivity index (χ3v) is 5.10. The second-order valence-electron chi connectivity index (χ2n) is 6.97. The van der Waals surface area contributed by atoms with E-state index in [1.807, 2.05) is 47.4 Å². The van der Waals surface area contributed by atoms with Crippen molar-refractivity contribution in [3.05, 3.63) is 54.1 Å². The predicted molar refractivity (Wildman–Crippen MR) is 104 cm³/mol. The first-order valence-corrected chi connectivity index (χ1v) is 9.33. The van der Waals surface area contributed by atoms with Gasteiger partial charge in [0.15, 0.2) is 0 Å². The molecule has 1 unspecified atom stereocenters. The summed E-state index contributed by atoms with van der Waals surface area (Å²) in [5, 5.41) is 8.89. The van der Waals surface area contributed by atoms with Crippen molar-refractivity contribution in [2.75, 3.05) is 20.2 Å². The van der Waals surface area contributed by atoms with Crippen LogP contribution >= 0.6 is 0 Å². The molecular formula is C22H25NO4. The van der Waals surface area contributed by atoms with Crippen LogP contribution in [-0.2, 0) is 4.79 Å². The molecule has 0 saturated carbocycles. The number of hydrogen-bond donors (Lipinski definition) is 1. The van der Waals surface area contributed by atoms with Crippen molar-refractivity contribution in [1.82, 2.24) is 4.90 Å². The average molecular weight is 367 g/mol. The van der Waals surface area contributed by atoms with Crippen LogP contribution in [0.2, 0.25) is 0 Å². The Morgan fingerprint density at radius 1 is 1.19 bits per heavy atom. The van der Waals surface area contributed by atoms with Gasteiger partial charge in [-0.3, -0.25) is 9.59 Å². The molecule has 1 N–H and O–H groups in total. The number of piperidine rings is 1. The lowest BCUT2D eigenvalue weighted by molar-refractivity contribution is -0.137. The van der Waals surface area contributed by atoms with Crippen LogP contribution in [0.1, 0.15) is 36.0 Å². The molecule has 2 aromatic rings. The summed E-state index contributed by atoms with van der Waals surface area (Å²) in [6.07, 6.45) is 2.68. The van der Waals surface area contributed by atoms with Crippen molar-refractivity contribution in [3.63, 3.8) is 0 Å². The fourth-order valence-corrected chi connectivity index (χ4v) is 3.68. The second-order valence-corrected chi connectivity index (χ2v) is 6.97. The Morgan fingerprint density at radius 2 is 1.96 bits per heavy atom. The van der Waals surface area contributed by atoms with Crippen molar-refractivity contribution < 1.29 is 19.4 Å². The molecule has 5 nitrogen and oxygen atoms in total. The summed E-state index contributed by atoms with van der Waals surface area (Å²) in [5.74, 6) is 0.206. The van der Waals surface area contributed by atoms with E-state index >= 15 is 0 Å². The third-order valence-electron chi connectivity index (χ3n) is 5.10. The molecule has 1 aliphatic rings. The number of rotatable bonds is 6. The summed E-state index contributed by atoms with van der Waals surface area (Å²) in [6.45, 7) is 1.34. The second kappa shape index (κ2) is 8.71. The molecule has 1 heterocycles. The van der Waals surface area contributed by atoms with Crippen LogP contribution in [-0.4, -0.2) is 42.1 Å². The highest BCUT2D eigenvalue weighted by Crippen LogP contribution is 2.31. The van der Waals surface area contributed by atoms with Crippen molar-refractivity contribution in [2.24, 2.45) is 5.92 Å². The maximum atomic E-state index is 13.0. The first-order chi connectivity index (χ1) is 13.1. The van der Waals surface area contributed by atoms with Crippen molar-refractivity contribution >= 4 is 11.9 Å². The van der Waals surface area contributed by atoms with E-state index in [1.54, 1.807) is 13.2 Å². The highest BCUT2D eigenvalue weighted by atomic mass is 16.5. The minimum Gasteiger partial charge on any atom is -0.496 e. The van der Waals surface area contributed by atoms with E-state index in [-0.39, 0.29) is 18.2 Å². The standard InChI is InChI=1S/C22H25NO4/c1-27-20-11-10-18(14-19(20)17-7-3-2-4-8-17)22(26)23-13-5-6-16(15-23)9-12-21(24)25/h2-4,7-8,10-11,14,16H,5-6,9,12-13,15H2,1H3,(H,24,25). The fourth-order valence-electron chi connectivity index (χ4n) is 3.68. The Bertz CT molecular complexity index is 803. The molecule has 2 aromatic carbocycles. The van der Waals surface area contributed by atoms with Gasteiger partial charge in [0, 0.05) is 30.6 Å². The van der Waals surface area contributed by atoms with Gasteiger partial charge in [0.25, 0.3) is 5.91 Å². The quantitative estimate of drug-likeness (QED) is 0.835. The number of hydrogen-bond acceptors (Lipinski definition) is 3. The maximum Gasteiger partial charge on any atom is 0.303 e. The van der Waals surface area contributed by atoms with E-state index in [0.29, 0.717) is 18.5 Å². The van der Waals surface area contributed by atoms with E-state index < -0.39 is 5.97 Å². The van der Waals surface area contributed by atoms with Crippen molar-refractivity contribution in [2.45, 2.75) is 25.7 Å². The minimum absolute atomic E-state index is 0.00476. The number of methoxy groups -OCH3 is 1. The highest BCUT2D eigenvalue weighted by molar-refractivity contribution is 5.96. The van der Waals surface area contributed by atoms with Gasteiger partial charge in [0.05, 0.1) is 7.11 Å². The van der Waals surface area contributed by atoms with Crippen LogP contribution in [0.3, 0.4) is 0 Å². The number of carbonyl (C=O) groups is 2. The number of aliphatic carboxylic acids is 1. The fraction of sp³-hybridized carbons (Fsp3) is 0.364. The molecule has 0 bridgehead atoms. The molecule has 1 saturated heterocycles. The van der Waals surface area contributed by atoms with Crippen molar-refractivity contribution in [3.8, 4) is 16.9 Å². The normalized spacial score (nSPS) is 16.8. The molecule has 1 fully saturated rings. The Labute approximate surface area is 159 Å². The van der Waals surface area contributed by atoms with Gasteiger partial charge in [-0.05, 0) is 48.9 Å². The summed E-state index contributed by atoms with van der Waals surface area (Å²) in [6, 6.07) is 15.4. The molecule has 0 aliphatic carbocycles. The highest BCUT2D eigenvalue weighted by Gasteiger charge is 2.25. The summed E-state index contributed by atoms with van der Waals surface area (Å²) in [7, 11) is 1.63. The number of amides is 1. The zero-order valence-corrected chi connectivity index (χ0v) is 15.6. The molecule has 27 heavy (non-hydrogen) atoms. The lowest BCUT2D eigenvalue weighted by Crippen LogP contribution is -2.40. The Morgan fingerprint density at radius 3 is 2.67 bits per heavy atom. The number of carboxylic acids is 1. The number of ether oxygens (including phenoxy) is 1. The smallest absolute Gasteiger partial charge is 0.303 e. The first-order valence-electron chi connectivity index (χ1n) is 9.33. The SMILES string of the molecule is COc1ccc(C(=O)N2CCCC(CCC(=O)O)C2)cc1-c1ccccc1. The van der Waals surface area contributed by atoms with Crippen molar-refractivity contribution in [1.29, 1.82) is 0 Å². The Kier molecular flexibility index (Phi) is 6.12. The monoisotopic (exact) mass is 367 g/mol. The van der Waals surface area contributed by atoms with Gasteiger partial charge in [-0.2, -0.15) is 0 Å². The molecule has 142 valence electrons. The summed E-state index contributed by atoms with van der Waals surface area (Å²) in [5.41, 5.74) is 2.53. The predicted octanol–water partition coefficient (Wildman–Crippen LogP) is 4.08. The number of nitrogens with zero attached hydrogens (tertiary/aromatic N) is 1. The lowest BCUT2D eigenvalue weighted by Gasteiger charge is -2.33. The van der Waals surface area contributed by atoms with Gasteiger partial charge >= 0.3 is 5.97 Å². The lowest BCUT2D eigenvalue weighted by atomic mass is 9.92. The zero-order chi connectivity index (χ0) is 19.2. The molecule has 0 radical (unpaired) electrons. The van der Waals surface area contributed by atoms with E-state index in [9.17, 15) is 9.59 Å². The number of carboxylic acid groups (broad SMARTS) is 1. The van der Waals surface area contributed by atoms with Crippen LogP contribution in [0.5, 0.6) is 5.75 Å². The molecule has 1 atom stereocenters. The van der Waals surface area contributed by atoms with Crippen LogP contribution in [0.15, 0.2) is 48.5 Å². The largest absolute Gasteiger partial charge is 0.496 e. The molecular weight excluding hydrogens is 342 g/mol. The van der Waals surface area contributed by atoms with Crippen LogP contribution in [0.4, 0.5) is 0 Å². The Balaban J connectivity index is 1.79. The molecule has 1 amide bonds. The van der Waals surface area contributed by atoms with Gasteiger partial charge in [-0.25, -0.2) is 0 Å². The van der Waals surface area contributed by atoms with Gasteiger partial charge in [-0.1, -0.05) is 30.3 Å². The van der Waals surface area contributed by atoms with E-state index in [4.69, 9.17) is 9.84 Å². The molecule has 0 aromatic heterocycles. The van der Waals surface area contributed by atoms with Crippen LogP contribution < -0.4 is 4.74 Å². The van der Waals surface area contributed by atoms with Gasteiger partial charge in [0.2, 0.25) is 0 Å². The van der Waals surface area contributed by atoms with Gasteiger partial charge in [0.1, 0.15) is 5.75 Å². The van der Waals surface area contributed by atoms with E-state index in [1.165, 1.54) is 0 Å². The molecule has 0 spiro atoms. The van der Waals surface area contributed by atoms with E-state index in [2.05, 4.69) is 0 Å². The number of carbonyl (C=O) groups excluding carboxylic acids is 1.